The molecule has 0 saturated heterocycles. The summed E-state index contributed by atoms with van der Waals surface area (Å²) in [4.78, 5) is 0.561. The zero-order chi connectivity index (χ0) is 9.19. The molecule has 2 nitrogen and oxygen atoms in total. The van der Waals surface area contributed by atoms with Gasteiger partial charge in [0.25, 0.3) is 0 Å². The van der Waals surface area contributed by atoms with Gasteiger partial charge in [-0.3, -0.25) is 4.18 Å². The molecule has 0 aliphatic heterocycles. The molecule has 0 fully saturated rings. The molecule has 0 N–H and O–H groups in total. The van der Waals surface area contributed by atoms with Gasteiger partial charge in [-0.2, -0.15) is 0 Å². The number of hydrogen-bond donors (Lipinski definition) is 0. The lowest BCUT2D eigenvalue weighted by Gasteiger charge is -2.03. The van der Waals surface area contributed by atoms with Crippen molar-refractivity contribution in [3.63, 3.8) is 0 Å². The Balaban J connectivity index is 3.14. The van der Waals surface area contributed by atoms with E-state index in [2.05, 4.69) is 0 Å². The van der Waals surface area contributed by atoms with Gasteiger partial charge in [0, 0.05) is 11.2 Å². The molecule has 1 rings (SSSR count). The van der Waals surface area contributed by atoms with Crippen LogP contribution in [0.5, 0.6) is 0 Å². The van der Waals surface area contributed by atoms with Crippen LogP contribution in [0.1, 0.15) is 5.56 Å². The van der Waals surface area contributed by atoms with Gasteiger partial charge in [-0.25, -0.2) is 4.21 Å². The molecule has 0 radical (unpaired) electrons. The van der Waals surface area contributed by atoms with Crippen molar-refractivity contribution in [2.45, 2.75) is 11.8 Å². The van der Waals surface area contributed by atoms with Crippen molar-refractivity contribution in [1.29, 1.82) is 0 Å². The maximum absolute atomic E-state index is 11.5. The summed E-state index contributed by atoms with van der Waals surface area (Å²) in [5, 5.41) is 0. The third-order valence-electron chi connectivity index (χ3n) is 1.53. The summed E-state index contributed by atoms with van der Waals surface area (Å²) in [6.07, 6.45) is 0. The van der Waals surface area contributed by atoms with Gasteiger partial charge >= 0.3 is 0 Å². The van der Waals surface area contributed by atoms with Crippen LogP contribution >= 0.6 is 0 Å². The van der Waals surface area contributed by atoms with Gasteiger partial charge in [-0.1, -0.05) is 17.7 Å². The summed E-state index contributed by atoms with van der Waals surface area (Å²) in [7, 11) is -1.33. The van der Waals surface area contributed by atoms with Crippen molar-refractivity contribution in [2.75, 3.05) is 7.11 Å². The number of hydrogen-bond acceptors (Lipinski definition) is 3. The van der Waals surface area contributed by atoms with Gasteiger partial charge in [0.2, 0.25) is 0 Å². The van der Waals surface area contributed by atoms with Crippen molar-refractivity contribution in [2.24, 2.45) is 0 Å². The van der Waals surface area contributed by atoms with Crippen LogP contribution in [0.4, 0.5) is 0 Å². The number of rotatable bonds is 2. The molecule has 0 saturated carbocycles. The van der Waals surface area contributed by atoms with Crippen molar-refractivity contribution in [1.82, 2.24) is 0 Å². The Morgan fingerprint density at radius 2 is 1.83 bits per heavy atom. The average molecular weight is 202 g/mol. The minimum Gasteiger partial charge on any atom is -0.290 e. The largest absolute Gasteiger partial charge is 0.290 e. The quantitative estimate of drug-likeness (QED) is 0.729. The number of aryl methyl sites for hydroxylation is 1. The SMILES string of the molecule is COS(=O)(=S)c1ccc(C)cc1. The molecule has 1 aromatic carbocycles. The monoisotopic (exact) mass is 202 g/mol. The molecule has 66 valence electrons. The van der Waals surface area contributed by atoms with Crippen LogP contribution in [0.3, 0.4) is 0 Å². The van der Waals surface area contributed by atoms with Gasteiger partial charge in [0.05, 0.1) is 12.0 Å². The lowest BCUT2D eigenvalue weighted by Crippen LogP contribution is -2.00. The van der Waals surface area contributed by atoms with E-state index in [1.54, 1.807) is 12.1 Å². The van der Waals surface area contributed by atoms with E-state index < -0.39 is 8.77 Å². The molecule has 1 unspecified atom stereocenters. The Kier molecular flexibility index (Phi) is 2.82. The second-order valence-electron chi connectivity index (χ2n) is 2.43. The molecule has 0 aliphatic carbocycles. The van der Waals surface area contributed by atoms with E-state index in [0.29, 0.717) is 4.90 Å². The highest BCUT2D eigenvalue weighted by molar-refractivity contribution is 8.30. The normalized spacial score (nSPS) is 15.5. The highest BCUT2D eigenvalue weighted by atomic mass is 32.8. The van der Waals surface area contributed by atoms with E-state index in [-0.39, 0.29) is 0 Å². The summed E-state index contributed by atoms with van der Waals surface area (Å²) in [6, 6.07) is 7.18. The molecule has 0 bridgehead atoms. The van der Waals surface area contributed by atoms with Crippen LogP contribution in [0.15, 0.2) is 29.2 Å². The average Bonchev–Trinajstić information content (AvgIpc) is 2.05. The number of benzene rings is 1. The molecular formula is C8H10O2S2. The predicted molar refractivity (Wildman–Crippen MR) is 52.0 cm³/mol. The van der Waals surface area contributed by atoms with Crippen LogP contribution in [0, 0.1) is 6.92 Å². The van der Waals surface area contributed by atoms with Crippen LogP contribution in [-0.2, 0) is 24.1 Å². The van der Waals surface area contributed by atoms with Crippen molar-refractivity contribution < 1.29 is 8.39 Å². The molecular weight excluding hydrogens is 192 g/mol. The van der Waals surface area contributed by atoms with E-state index in [0.717, 1.165) is 5.56 Å². The van der Waals surface area contributed by atoms with Crippen molar-refractivity contribution in [3.05, 3.63) is 29.8 Å². The Morgan fingerprint density at radius 1 is 1.33 bits per heavy atom. The fraction of sp³-hybridized carbons (Fsp3) is 0.250. The first-order valence-electron chi connectivity index (χ1n) is 3.43. The Labute approximate surface area is 77.4 Å². The molecule has 0 heterocycles. The molecule has 4 heteroatoms. The fourth-order valence-corrected chi connectivity index (χ4v) is 1.80. The molecule has 1 aromatic rings. The Morgan fingerprint density at radius 3 is 2.25 bits per heavy atom. The second-order valence-corrected chi connectivity index (χ2v) is 5.46. The summed E-state index contributed by atoms with van der Waals surface area (Å²) >= 11 is 4.76. The smallest absolute Gasteiger partial charge is 0.173 e. The van der Waals surface area contributed by atoms with E-state index in [1.165, 1.54) is 7.11 Å². The lowest BCUT2D eigenvalue weighted by molar-refractivity contribution is 0.443. The first kappa shape index (κ1) is 9.64. The minimum absolute atomic E-state index is 0.561. The fourth-order valence-electron chi connectivity index (χ4n) is 0.801. The highest BCUT2D eigenvalue weighted by Crippen LogP contribution is 2.12. The van der Waals surface area contributed by atoms with Gasteiger partial charge in [0.1, 0.15) is 0 Å². The maximum atomic E-state index is 11.5. The van der Waals surface area contributed by atoms with Gasteiger partial charge < -0.3 is 0 Å². The topological polar surface area (TPSA) is 26.3 Å². The first-order chi connectivity index (χ1) is 5.56. The molecule has 0 amide bonds. The third kappa shape index (κ3) is 2.03. The van der Waals surface area contributed by atoms with E-state index in [4.69, 9.17) is 15.4 Å². The van der Waals surface area contributed by atoms with E-state index in [1.807, 2.05) is 19.1 Å². The standard InChI is InChI=1S/C8H10O2S2/c1-7-3-5-8(6-4-7)12(9,11)10-2/h3-6H,1-2H3. The van der Waals surface area contributed by atoms with Gasteiger partial charge in [-0.15, -0.1) is 0 Å². The minimum atomic E-state index is -2.68. The van der Waals surface area contributed by atoms with Crippen molar-refractivity contribution >= 4 is 20.0 Å². The lowest BCUT2D eigenvalue weighted by atomic mass is 10.2. The van der Waals surface area contributed by atoms with E-state index >= 15 is 0 Å². The summed E-state index contributed by atoms with van der Waals surface area (Å²) in [6.45, 7) is 1.96. The molecule has 0 aromatic heterocycles. The van der Waals surface area contributed by atoms with Crippen LogP contribution in [-0.4, -0.2) is 11.3 Å². The summed E-state index contributed by atoms with van der Waals surface area (Å²) < 4.78 is 16.2. The van der Waals surface area contributed by atoms with Crippen LogP contribution in [0.2, 0.25) is 0 Å². The highest BCUT2D eigenvalue weighted by Gasteiger charge is 2.06. The molecule has 1 atom stereocenters. The Hall–Kier alpha value is -0.450. The van der Waals surface area contributed by atoms with Gasteiger partial charge in [-0.05, 0) is 19.1 Å². The van der Waals surface area contributed by atoms with Crippen LogP contribution < -0.4 is 0 Å². The van der Waals surface area contributed by atoms with Crippen LogP contribution in [0.25, 0.3) is 0 Å². The zero-order valence-electron chi connectivity index (χ0n) is 6.94. The first-order valence-corrected chi connectivity index (χ1v) is 5.84. The molecule has 0 aliphatic rings. The molecule has 0 spiro atoms. The maximum Gasteiger partial charge on any atom is 0.173 e. The van der Waals surface area contributed by atoms with E-state index in [9.17, 15) is 4.21 Å². The van der Waals surface area contributed by atoms with Gasteiger partial charge in [0.15, 0.2) is 8.77 Å². The van der Waals surface area contributed by atoms with Crippen molar-refractivity contribution in [3.8, 4) is 0 Å². The summed E-state index contributed by atoms with van der Waals surface area (Å²) in [5.74, 6) is 0. The zero-order valence-corrected chi connectivity index (χ0v) is 8.58. The molecule has 12 heavy (non-hydrogen) atoms. The predicted octanol–water partition coefficient (Wildman–Crippen LogP) is 1.66. The second kappa shape index (κ2) is 3.51. The third-order valence-corrected chi connectivity index (χ3v) is 3.80. The Bertz CT molecular complexity index is 351. The summed E-state index contributed by atoms with van der Waals surface area (Å²) in [5.41, 5.74) is 1.11.